The van der Waals surface area contributed by atoms with Crippen molar-refractivity contribution in [2.75, 3.05) is 0 Å². The third-order valence-electron chi connectivity index (χ3n) is 2.76. The van der Waals surface area contributed by atoms with Crippen LogP contribution in [0.25, 0.3) is 5.70 Å². The number of benzene rings is 2. The molecule has 3 nitrogen and oxygen atoms in total. The molecule has 0 radical (unpaired) electrons. The van der Waals surface area contributed by atoms with Crippen LogP contribution in [0.4, 0.5) is 0 Å². The molecule has 19 heavy (non-hydrogen) atoms. The molecule has 0 atom stereocenters. The average molecular weight is 252 g/mol. The van der Waals surface area contributed by atoms with Crippen LogP contribution < -0.4 is 10.9 Å². The van der Waals surface area contributed by atoms with Crippen molar-refractivity contribution in [2.24, 2.45) is 0 Å². The van der Waals surface area contributed by atoms with Crippen LogP contribution in [-0.4, -0.2) is 5.91 Å². The molecule has 0 spiro atoms. The lowest BCUT2D eigenvalue weighted by molar-refractivity contribution is 0.0942. The van der Waals surface area contributed by atoms with E-state index in [-0.39, 0.29) is 5.91 Å². The van der Waals surface area contributed by atoms with Crippen molar-refractivity contribution in [2.45, 2.75) is 6.92 Å². The molecule has 0 fully saturated rings. The maximum atomic E-state index is 11.9. The highest BCUT2D eigenvalue weighted by atomic mass is 16.2. The van der Waals surface area contributed by atoms with Gasteiger partial charge in [-0.05, 0) is 24.6 Å². The third kappa shape index (κ3) is 3.45. The Kier molecular flexibility index (Phi) is 3.98. The SMILES string of the molecule is C=C(NNC(=O)c1ccc(C)cc1)c1ccccc1. The number of hydrogen-bond donors (Lipinski definition) is 2. The van der Waals surface area contributed by atoms with Gasteiger partial charge in [0.15, 0.2) is 0 Å². The number of aryl methyl sites for hydroxylation is 1. The summed E-state index contributed by atoms with van der Waals surface area (Å²) < 4.78 is 0. The predicted molar refractivity (Wildman–Crippen MR) is 77.3 cm³/mol. The van der Waals surface area contributed by atoms with Gasteiger partial charge in [-0.25, -0.2) is 0 Å². The van der Waals surface area contributed by atoms with Gasteiger partial charge in [-0.3, -0.25) is 15.6 Å². The van der Waals surface area contributed by atoms with Gasteiger partial charge >= 0.3 is 0 Å². The van der Waals surface area contributed by atoms with Crippen molar-refractivity contribution in [1.82, 2.24) is 10.9 Å². The smallest absolute Gasteiger partial charge is 0.269 e. The summed E-state index contributed by atoms with van der Waals surface area (Å²) >= 11 is 0. The molecule has 2 aromatic carbocycles. The molecular weight excluding hydrogens is 236 g/mol. The standard InChI is InChI=1S/C16H16N2O/c1-12-8-10-15(11-9-12)16(19)18-17-13(2)14-6-4-3-5-7-14/h3-11,17H,2H2,1H3,(H,18,19). The van der Waals surface area contributed by atoms with E-state index >= 15 is 0 Å². The van der Waals surface area contributed by atoms with E-state index in [1.807, 2.05) is 49.4 Å². The minimum Gasteiger partial charge on any atom is -0.298 e. The van der Waals surface area contributed by atoms with Crippen LogP contribution in [-0.2, 0) is 0 Å². The number of carbonyl (C=O) groups excluding carboxylic acids is 1. The largest absolute Gasteiger partial charge is 0.298 e. The first-order chi connectivity index (χ1) is 9.16. The second-order valence-electron chi connectivity index (χ2n) is 4.29. The molecule has 0 aromatic heterocycles. The molecule has 96 valence electrons. The molecule has 0 heterocycles. The lowest BCUT2D eigenvalue weighted by Crippen LogP contribution is -2.35. The zero-order valence-electron chi connectivity index (χ0n) is 10.8. The van der Waals surface area contributed by atoms with Gasteiger partial charge in [-0.15, -0.1) is 0 Å². The molecule has 0 aliphatic carbocycles. The highest BCUT2D eigenvalue weighted by molar-refractivity contribution is 5.94. The van der Waals surface area contributed by atoms with Crippen LogP contribution in [0, 0.1) is 6.92 Å². The summed E-state index contributed by atoms with van der Waals surface area (Å²) in [5, 5.41) is 0. The fourth-order valence-electron chi connectivity index (χ4n) is 1.62. The fraction of sp³-hybridized carbons (Fsp3) is 0.0625. The molecular formula is C16H16N2O. The number of hydrogen-bond acceptors (Lipinski definition) is 2. The highest BCUT2D eigenvalue weighted by Crippen LogP contribution is 2.07. The van der Waals surface area contributed by atoms with E-state index in [2.05, 4.69) is 17.4 Å². The number of hydrazine groups is 1. The van der Waals surface area contributed by atoms with Crippen LogP contribution in [0.15, 0.2) is 61.2 Å². The Morgan fingerprint density at radius 1 is 0.895 bits per heavy atom. The van der Waals surface area contributed by atoms with Gasteiger partial charge in [0.25, 0.3) is 5.91 Å². The number of nitrogens with one attached hydrogen (secondary N) is 2. The predicted octanol–water partition coefficient (Wildman–Crippen LogP) is 2.90. The summed E-state index contributed by atoms with van der Waals surface area (Å²) in [6.07, 6.45) is 0. The molecule has 0 aliphatic heterocycles. The van der Waals surface area contributed by atoms with Crippen LogP contribution in [0.5, 0.6) is 0 Å². The quantitative estimate of drug-likeness (QED) is 0.821. The summed E-state index contributed by atoms with van der Waals surface area (Å²) in [5.74, 6) is -0.183. The van der Waals surface area contributed by atoms with Crippen molar-refractivity contribution in [3.63, 3.8) is 0 Å². The van der Waals surface area contributed by atoms with Crippen molar-refractivity contribution in [3.05, 3.63) is 77.9 Å². The summed E-state index contributed by atoms with van der Waals surface area (Å²) in [4.78, 5) is 11.9. The molecule has 2 aromatic rings. The topological polar surface area (TPSA) is 41.1 Å². The Labute approximate surface area is 112 Å². The summed E-state index contributed by atoms with van der Waals surface area (Å²) in [5.41, 5.74) is 8.77. The van der Waals surface area contributed by atoms with Crippen molar-refractivity contribution < 1.29 is 4.79 Å². The lowest BCUT2D eigenvalue weighted by Gasteiger charge is -2.11. The fourth-order valence-corrected chi connectivity index (χ4v) is 1.62. The van der Waals surface area contributed by atoms with E-state index in [4.69, 9.17) is 0 Å². The maximum absolute atomic E-state index is 11.9. The number of carbonyl (C=O) groups is 1. The molecule has 0 saturated heterocycles. The second-order valence-corrected chi connectivity index (χ2v) is 4.29. The molecule has 1 amide bonds. The number of rotatable bonds is 4. The molecule has 2 rings (SSSR count). The molecule has 2 N–H and O–H groups in total. The average Bonchev–Trinajstić information content (AvgIpc) is 2.46. The number of amides is 1. The minimum atomic E-state index is -0.183. The van der Waals surface area contributed by atoms with E-state index < -0.39 is 0 Å². The third-order valence-corrected chi connectivity index (χ3v) is 2.76. The Hall–Kier alpha value is -2.55. The Morgan fingerprint density at radius 3 is 2.16 bits per heavy atom. The second kappa shape index (κ2) is 5.87. The molecule has 0 saturated carbocycles. The van der Waals surface area contributed by atoms with Gasteiger partial charge in [0.05, 0.1) is 5.70 Å². The monoisotopic (exact) mass is 252 g/mol. The van der Waals surface area contributed by atoms with E-state index in [1.165, 1.54) is 0 Å². The first-order valence-corrected chi connectivity index (χ1v) is 6.04. The van der Waals surface area contributed by atoms with E-state index in [9.17, 15) is 4.79 Å². The first kappa shape index (κ1) is 12.9. The van der Waals surface area contributed by atoms with Crippen LogP contribution in [0.1, 0.15) is 21.5 Å². The summed E-state index contributed by atoms with van der Waals surface area (Å²) in [7, 11) is 0. The highest BCUT2D eigenvalue weighted by Gasteiger charge is 2.04. The van der Waals surface area contributed by atoms with Crippen LogP contribution >= 0.6 is 0 Å². The van der Waals surface area contributed by atoms with Crippen molar-refractivity contribution in [3.8, 4) is 0 Å². The van der Waals surface area contributed by atoms with Crippen molar-refractivity contribution >= 4 is 11.6 Å². The van der Waals surface area contributed by atoms with E-state index in [0.29, 0.717) is 11.3 Å². The summed E-state index contributed by atoms with van der Waals surface area (Å²) in [6.45, 7) is 5.86. The Bertz CT molecular complexity index is 573. The van der Waals surface area contributed by atoms with Gasteiger partial charge in [-0.1, -0.05) is 54.6 Å². The van der Waals surface area contributed by atoms with Crippen LogP contribution in [0.2, 0.25) is 0 Å². The normalized spacial score (nSPS) is 9.74. The van der Waals surface area contributed by atoms with E-state index in [0.717, 1.165) is 11.1 Å². The van der Waals surface area contributed by atoms with Gasteiger partial charge in [-0.2, -0.15) is 0 Å². The lowest BCUT2D eigenvalue weighted by atomic mass is 10.1. The first-order valence-electron chi connectivity index (χ1n) is 6.04. The zero-order valence-corrected chi connectivity index (χ0v) is 10.8. The molecule has 0 unspecified atom stereocenters. The Balaban J connectivity index is 1.94. The minimum absolute atomic E-state index is 0.183. The van der Waals surface area contributed by atoms with Gasteiger partial charge in [0.1, 0.15) is 0 Å². The van der Waals surface area contributed by atoms with Gasteiger partial charge in [0, 0.05) is 5.56 Å². The molecule has 0 bridgehead atoms. The van der Waals surface area contributed by atoms with Gasteiger partial charge < -0.3 is 0 Å². The Morgan fingerprint density at radius 2 is 1.53 bits per heavy atom. The molecule has 3 heteroatoms. The van der Waals surface area contributed by atoms with Crippen LogP contribution in [0.3, 0.4) is 0 Å². The van der Waals surface area contributed by atoms with Gasteiger partial charge in [0.2, 0.25) is 0 Å². The summed E-state index contributed by atoms with van der Waals surface area (Å²) in [6, 6.07) is 17.0. The van der Waals surface area contributed by atoms with Crippen molar-refractivity contribution in [1.29, 1.82) is 0 Å². The zero-order chi connectivity index (χ0) is 13.7. The molecule has 0 aliphatic rings. The maximum Gasteiger partial charge on any atom is 0.269 e. The van der Waals surface area contributed by atoms with E-state index in [1.54, 1.807) is 12.1 Å².